The molecule has 0 bridgehead atoms. The average molecular weight is 582 g/mol. The van der Waals surface area contributed by atoms with Crippen molar-refractivity contribution in [1.29, 1.82) is 5.26 Å². The number of benzene rings is 2. The number of rotatable bonds is 13. The van der Waals surface area contributed by atoms with Crippen molar-refractivity contribution in [1.82, 2.24) is 31.3 Å². The van der Waals surface area contributed by atoms with Crippen LogP contribution in [-0.2, 0) is 18.3 Å². The molecule has 1 heterocycles. The number of nitrogens with zero attached hydrogens (tertiary/aromatic N) is 4. The van der Waals surface area contributed by atoms with Gasteiger partial charge in [-0.25, -0.2) is 0 Å². The first-order chi connectivity index (χ1) is 20.4. The molecule has 0 spiro atoms. The van der Waals surface area contributed by atoms with Gasteiger partial charge in [-0.05, 0) is 91.5 Å². The minimum absolute atomic E-state index is 0.301. The number of tetrazole rings is 1. The smallest absolute Gasteiger partial charge is 0.248 e. The van der Waals surface area contributed by atoms with Gasteiger partial charge >= 0.3 is 0 Å². The maximum atomic E-state index is 12.2. The largest absolute Gasteiger partial charge is 0.399 e. The van der Waals surface area contributed by atoms with Crippen LogP contribution < -0.4 is 22.1 Å². The Morgan fingerprint density at radius 2 is 1.77 bits per heavy atom. The molecule has 2 unspecified atom stereocenters. The maximum Gasteiger partial charge on any atom is 0.248 e. The van der Waals surface area contributed by atoms with Crippen LogP contribution in [0.2, 0.25) is 0 Å². The Hall–Kier alpha value is -4.49. The second kappa shape index (κ2) is 12.8. The molecule has 0 aliphatic heterocycles. The standard InChI is InChI=1S/C33H43N9O/c1-7-20(2)14-27(17-34)38-21(3)18-37-32(5,6)19-33(31-39-41-42-40-31)28-12-10-23(22(4)35)15-24(28)8-9-25-16-26(30(36)43)11-13-29(25)33/h10-13,15-16,20,27,37-38H,3-4,7-9,14,18-19,35H2,1-2,5-6H3,(H2,36,43)(H,39,40,41,42)/t20-,27?,33?/m0/s1. The lowest BCUT2D eigenvalue weighted by Crippen LogP contribution is -2.49. The van der Waals surface area contributed by atoms with Gasteiger partial charge in [0.2, 0.25) is 5.91 Å². The predicted molar refractivity (Wildman–Crippen MR) is 169 cm³/mol. The first-order valence-corrected chi connectivity index (χ1v) is 14.7. The predicted octanol–water partition coefficient (Wildman–Crippen LogP) is 3.85. The van der Waals surface area contributed by atoms with E-state index in [1.54, 1.807) is 6.07 Å². The number of aromatic amines is 1. The summed E-state index contributed by atoms with van der Waals surface area (Å²) < 4.78 is 0. The minimum atomic E-state index is -0.837. The van der Waals surface area contributed by atoms with Crippen molar-refractivity contribution in [2.75, 3.05) is 6.54 Å². The molecule has 1 aliphatic rings. The lowest BCUT2D eigenvalue weighted by molar-refractivity contribution is 0.1000. The van der Waals surface area contributed by atoms with E-state index in [1.165, 1.54) is 0 Å². The quantitative estimate of drug-likeness (QED) is 0.202. The van der Waals surface area contributed by atoms with Gasteiger partial charge in [-0.1, -0.05) is 56.8 Å². The molecule has 10 nitrogen and oxygen atoms in total. The number of aromatic nitrogens is 4. The summed E-state index contributed by atoms with van der Waals surface area (Å²) in [7, 11) is 0. The van der Waals surface area contributed by atoms with Crippen LogP contribution in [0.25, 0.3) is 5.70 Å². The number of nitrogens with two attached hydrogens (primary N) is 2. The second-order valence-corrected chi connectivity index (χ2v) is 12.4. The summed E-state index contributed by atoms with van der Waals surface area (Å²) in [5, 5.41) is 32.4. The van der Waals surface area contributed by atoms with Gasteiger partial charge in [0.25, 0.3) is 0 Å². The number of nitriles is 1. The molecule has 3 aromatic rings. The molecule has 1 aliphatic carbocycles. The topological polar surface area (TPSA) is 171 Å². The Morgan fingerprint density at radius 3 is 2.30 bits per heavy atom. The Kier molecular flexibility index (Phi) is 9.36. The number of carbonyl (C=O) groups is 1. The molecule has 1 amide bonds. The minimum Gasteiger partial charge on any atom is -0.399 e. The average Bonchev–Trinajstić information content (AvgIpc) is 3.49. The summed E-state index contributed by atoms with van der Waals surface area (Å²) in [4.78, 5) is 12.2. The lowest BCUT2D eigenvalue weighted by atomic mass is 9.65. The van der Waals surface area contributed by atoms with Crippen LogP contribution in [-0.4, -0.2) is 44.7 Å². The molecule has 0 saturated carbocycles. The number of hydrogen-bond donors (Lipinski definition) is 5. The van der Waals surface area contributed by atoms with Crippen molar-refractivity contribution >= 4 is 11.6 Å². The zero-order valence-corrected chi connectivity index (χ0v) is 25.6. The van der Waals surface area contributed by atoms with E-state index in [4.69, 9.17) is 11.5 Å². The second-order valence-electron chi connectivity index (χ2n) is 12.4. The van der Waals surface area contributed by atoms with Crippen LogP contribution >= 0.6 is 0 Å². The summed E-state index contributed by atoms with van der Waals surface area (Å²) in [6.07, 6.45) is 3.71. The molecular weight excluding hydrogens is 538 g/mol. The van der Waals surface area contributed by atoms with Crippen molar-refractivity contribution in [2.24, 2.45) is 17.4 Å². The molecule has 43 heavy (non-hydrogen) atoms. The Labute approximate surface area is 254 Å². The fraction of sp³-hybridized carbons (Fsp3) is 0.424. The Balaban J connectivity index is 1.78. The number of amides is 1. The summed E-state index contributed by atoms with van der Waals surface area (Å²) >= 11 is 0. The van der Waals surface area contributed by atoms with E-state index >= 15 is 0 Å². The number of hydrogen-bond acceptors (Lipinski definition) is 8. The number of H-pyrrole nitrogens is 1. The van der Waals surface area contributed by atoms with E-state index in [2.05, 4.69) is 90.3 Å². The third kappa shape index (κ3) is 6.78. The summed E-state index contributed by atoms with van der Waals surface area (Å²) in [6, 6.07) is 13.8. The maximum absolute atomic E-state index is 12.2. The lowest BCUT2D eigenvalue weighted by Gasteiger charge is -2.41. The molecule has 0 fully saturated rings. The molecule has 2 aromatic carbocycles. The summed E-state index contributed by atoms with van der Waals surface area (Å²) in [5.41, 5.74) is 17.1. The van der Waals surface area contributed by atoms with E-state index in [0.29, 0.717) is 48.8 Å². The number of fused-ring (bicyclic) bond motifs is 2. The number of nitrogens with one attached hydrogen (secondary N) is 3. The van der Waals surface area contributed by atoms with E-state index in [1.807, 2.05) is 18.2 Å². The van der Waals surface area contributed by atoms with Gasteiger partial charge in [0.15, 0.2) is 5.82 Å². The first kappa shape index (κ1) is 31.4. The van der Waals surface area contributed by atoms with Crippen LogP contribution in [0, 0.1) is 17.2 Å². The van der Waals surface area contributed by atoms with Crippen LogP contribution in [0.15, 0.2) is 55.3 Å². The summed E-state index contributed by atoms with van der Waals surface area (Å²) in [5.74, 6) is 0.480. The molecule has 0 radical (unpaired) electrons. The van der Waals surface area contributed by atoms with Gasteiger partial charge in [-0.3, -0.25) is 4.79 Å². The molecule has 7 N–H and O–H groups in total. The highest BCUT2D eigenvalue weighted by Gasteiger charge is 2.48. The van der Waals surface area contributed by atoms with Gasteiger partial charge < -0.3 is 22.1 Å². The molecular formula is C33H43N9O. The van der Waals surface area contributed by atoms with Crippen molar-refractivity contribution in [3.8, 4) is 6.07 Å². The molecule has 226 valence electrons. The highest BCUT2D eigenvalue weighted by Crippen LogP contribution is 2.48. The first-order valence-electron chi connectivity index (χ1n) is 14.7. The van der Waals surface area contributed by atoms with Crippen LogP contribution in [0.1, 0.15) is 91.0 Å². The monoisotopic (exact) mass is 581 g/mol. The SMILES string of the molecule is C=C(CNC(C)(C)CC1(c2nn[nH]n2)c2ccc(C(=C)N)cc2CCc2cc(C(N)=O)ccc21)NC(C#N)C[C@@H](C)CC. The zero-order chi connectivity index (χ0) is 31.4. The van der Waals surface area contributed by atoms with Crippen LogP contribution in [0.5, 0.6) is 0 Å². The van der Waals surface area contributed by atoms with Gasteiger partial charge in [0.1, 0.15) is 6.04 Å². The molecule has 4 rings (SSSR count). The van der Waals surface area contributed by atoms with Crippen molar-refractivity contribution < 1.29 is 4.79 Å². The van der Waals surface area contributed by atoms with E-state index in [0.717, 1.165) is 46.4 Å². The normalized spacial score (nSPS) is 17.5. The van der Waals surface area contributed by atoms with E-state index < -0.39 is 16.9 Å². The van der Waals surface area contributed by atoms with E-state index in [-0.39, 0.29) is 6.04 Å². The highest BCUT2D eigenvalue weighted by molar-refractivity contribution is 5.93. The van der Waals surface area contributed by atoms with Crippen LogP contribution in [0.3, 0.4) is 0 Å². The van der Waals surface area contributed by atoms with Gasteiger partial charge in [-0.2, -0.15) is 10.5 Å². The number of aryl methyl sites for hydroxylation is 2. The van der Waals surface area contributed by atoms with Crippen molar-refractivity contribution in [3.63, 3.8) is 0 Å². The van der Waals surface area contributed by atoms with Crippen molar-refractivity contribution in [2.45, 2.75) is 76.8 Å². The van der Waals surface area contributed by atoms with Gasteiger partial charge in [0, 0.05) is 29.0 Å². The fourth-order valence-corrected chi connectivity index (χ4v) is 6.14. The molecule has 3 atom stereocenters. The van der Waals surface area contributed by atoms with E-state index in [9.17, 15) is 10.1 Å². The third-order valence-corrected chi connectivity index (χ3v) is 8.53. The Morgan fingerprint density at radius 1 is 1.14 bits per heavy atom. The fourth-order valence-electron chi connectivity index (χ4n) is 6.14. The molecule has 10 heteroatoms. The van der Waals surface area contributed by atoms with Crippen molar-refractivity contribution in [3.05, 3.63) is 94.5 Å². The van der Waals surface area contributed by atoms with Gasteiger partial charge in [0.05, 0.1) is 11.5 Å². The Bertz CT molecular complexity index is 1470. The molecule has 1 aromatic heterocycles. The molecule has 0 saturated heterocycles. The zero-order valence-electron chi connectivity index (χ0n) is 25.6. The number of primary amides is 1. The number of carbonyl (C=O) groups excluding carboxylic acids is 1. The van der Waals surface area contributed by atoms with Crippen LogP contribution in [0.4, 0.5) is 0 Å². The summed E-state index contributed by atoms with van der Waals surface area (Å²) in [6.45, 7) is 17.1. The van der Waals surface area contributed by atoms with Gasteiger partial charge in [-0.15, -0.1) is 10.2 Å². The highest BCUT2D eigenvalue weighted by atomic mass is 16.1. The third-order valence-electron chi connectivity index (χ3n) is 8.53.